The van der Waals surface area contributed by atoms with Gasteiger partial charge in [-0.3, -0.25) is 9.68 Å². The Morgan fingerprint density at radius 1 is 0.547 bits per heavy atom. The first-order valence-electron chi connectivity index (χ1n) is 20.5. The molecule has 2 N–H and O–H groups in total. The lowest BCUT2D eigenvalue weighted by Crippen LogP contribution is -2.48. The van der Waals surface area contributed by atoms with E-state index < -0.39 is 19.3 Å². The van der Waals surface area contributed by atoms with Crippen molar-refractivity contribution in [1.29, 1.82) is 0 Å². The Balaban J connectivity index is 0.000000184. The number of carbonyl (C=O) groups is 2. The molecule has 2 heterocycles. The number of aromatic carboxylic acids is 2. The fourth-order valence-corrected chi connectivity index (χ4v) is 6.72. The number of aromatic nitrogens is 2. The van der Waals surface area contributed by atoms with Crippen LogP contribution >= 0.6 is 0 Å². The van der Waals surface area contributed by atoms with Gasteiger partial charge in [-0.25, -0.2) is 9.59 Å². The molecular formula is C50H49BN2O11. The standard InChI is InChI=1S/C22H21BO3.2C14H13NO4/c24-23(25)26-18-10-17-22(19-11-4-1-5-12-19,20-13-6-2-7-14-20)21-15-8-3-9-16-21;2*1-2-18-15-9-4-3-8-13(15)19-12-7-5-6-11(10-12)14(16)17/h1-9,11-16H,10,17-18H2;2*3-10H,2H2,1H3/q-2;;/p+2. The van der Waals surface area contributed by atoms with Crippen molar-refractivity contribution in [2.75, 3.05) is 19.8 Å². The highest BCUT2D eigenvalue weighted by Crippen LogP contribution is 2.43. The number of rotatable bonds is 18. The van der Waals surface area contributed by atoms with Gasteiger partial charge in [0.1, 0.15) is 11.5 Å². The minimum Gasteiger partial charge on any atom is -0.871 e. The molecule has 0 atom stereocenters. The lowest BCUT2D eigenvalue weighted by Gasteiger charge is -2.37. The van der Waals surface area contributed by atoms with Gasteiger partial charge in [-0.1, -0.05) is 103 Å². The van der Waals surface area contributed by atoms with Gasteiger partial charge in [0.15, 0.2) is 13.2 Å². The van der Waals surface area contributed by atoms with Crippen molar-refractivity contribution < 1.29 is 63.1 Å². The van der Waals surface area contributed by atoms with Crippen molar-refractivity contribution in [3.05, 3.63) is 216 Å². The summed E-state index contributed by atoms with van der Waals surface area (Å²) in [4.78, 5) is 32.5. The summed E-state index contributed by atoms with van der Waals surface area (Å²) in [6.45, 7) is 4.90. The maximum Gasteiger partial charge on any atom is 0.422 e. The second kappa shape index (κ2) is 24.8. The molecule has 0 unspecified atom stereocenters. The summed E-state index contributed by atoms with van der Waals surface area (Å²) in [7, 11) is -2.23. The fraction of sp³-hybridized carbons (Fsp3) is 0.160. The Hall–Kier alpha value is -7.52. The van der Waals surface area contributed by atoms with E-state index >= 15 is 0 Å². The molecule has 7 rings (SSSR count). The summed E-state index contributed by atoms with van der Waals surface area (Å²) < 4.78 is 19.0. The second-order valence-electron chi connectivity index (χ2n) is 13.7. The van der Waals surface area contributed by atoms with Crippen LogP contribution in [0.15, 0.2) is 188 Å². The van der Waals surface area contributed by atoms with Crippen molar-refractivity contribution in [3.8, 4) is 23.3 Å². The van der Waals surface area contributed by atoms with Gasteiger partial charge in [-0.2, -0.15) is 0 Å². The van der Waals surface area contributed by atoms with Crippen LogP contribution in [0, 0.1) is 0 Å². The van der Waals surface area contributed by atoms with Crippen molar-refractivity contribution in [1.82, 2.24) is 0 Å². The SMILES string of the molecule is CCO[n+]1ccccc1Oc1cccc(C(=O)O)c1.CCO[n+]1ccccc1Oc1cccc(C(=O)O)c1.[O-]B([O-])OCCCC(c1ccccc1)(c1ccccc1)c1ccccc1. The van der Waals surface area contributed by atoms with E-state index in [9.17, 15) is 19.6 Å². The Labute approximate surface area is 372 Å². The van der Waals surface area contributed by atoms with E-state index in [-0.39, 0.29) is 23.1 Å². The van der Waals surface area contributed by atoms with Crippen LogP contribution in [0.5, 0.6) is 23.3 Å². The molecule has 14 heteroatoms. The van der Waals surface area contributed by atoms with Crippen LogP contribution in [0.2, 0.25) is 0 Å². The normalized spacial score (nSPS) is 10.5. The van der Waals surface area contributed by atoms with E-state index in [0.29, 0.717) is 42.9 Å². The highest BCUT2D eigenvalue weighted by Gasteiger charge is 2.35. The summed E-state index contributed by atoms with van der Waals surface area (Å²) in [6.07, 6.45) is 4.79. The van der Waals surface area contributed by atoms with Gasteiger partial charge in [0.2, 0.25) is 12.4 Å². The van der Waals surface area contributed by atoms with E-state index in [0.717, 1.165) is 6.42 Å². The van der Waals surface area contributed by atoms with Gasteiger partial charge in [-0.15, -0.1) is 0 Å². The lowest BCUT2D eigenvalue weighted by molar-refractivity contribution is -0.892. The fourth-order valence-electron chi connectivity index (χ4n) is 6.72. The molecule has 0 fully saturated rings. The summed E-state index contributed by atoms with van der Waals surface area (Å²) in [5.74, 6) is -0.134. The minimum absolute atomic E-state index is 0.159. The first kappa shape index (κ1) is 47.5. The molecule has 0 bridgehead atoms. The molecule has 64 heavy (non-hydrogen) atoms. The van der Waals surface area contributed by atoms with E-state index in [1.165, 1.54) is 50.4 Å². The van der Waals surface area contributed by atoms with Gasteiger partial charge < -0.3 is 34.4 Å². The van der Waals surface area contributed by atoms with E-state index in [2.05, 4.69) is 36.4 Å². The lowest BCUT2D eigenvalue weighted by atomic mass is 9.67. The molecule has 2 aromatic heterocycles. The number of pyridine rings is 2. The third kappa shape index (κ3) is 13.7. The second-order valence-corrected chi connectivity index (χ2v) is 13.7. The topological polar surface area (TPSA) is 175 Å². The maximum absolute atomic E-state index is 10.9. The first-order valence-corrected chi connectivity index (χ1v) is 20.5. The van der Waals surface area contributed by atoms with E-state index in [1.54, 1.807) is 48.8 Å². The van der Waals surface area contributed by atoms with Gasteiger partial charge >= 0.3 is 23.7 Å². The Kier molecular flexibility index (Phi) is 18.4. The van der Waals surface area contributed by atoms with Crippen LogP contribution in [0.1, 0.15) is 64.1 Å². The average molecular weight is 865 g/mol. The molecule has 0 radical (unpaired) electrons. The number of carboxylic acids is 2. The molecule has 0 saturated heterocycles. The summed E-state index contributed by atoms with van der Waals surface area (Å²) in [5, 5.41) is 39.2. The molecular weight excluding hydrogens is 815 g/mol. The van der Waals surface area contributed by atoms with Crippen molar-refractivity contribution >= 4 is 19.3 Å². The van der Waals surface area contributed by atoms with Crippen LogP contribution in [-0.2, 0) is 10.1 Å². The average Bonchev–Trinajstić information content (AvgIpc) is 3.32. The van der Waals surface area contributed by atoms with Crippen molar-refractivity contribution in [2.24, 2.45) is 0 Å². The third-order valence-corrected chi connectivity index (χ3v) is 9.47. The molecule has 0 spiro atoms. The zero-order chi connectivity index (χ0) is 45.6. The molecule has 0 aliphatic carbocycles. The first-order chi connectivity index (χ1) is 31.1. The molecule has 0 aliphatic rings. The molecule has 5 aromatic carbocycles. The number of nitrogens with zero attached hydrogens (tertiary/aromatic N) is 2. The van der Waals surface area contributed by atoms with Crippen LogP contribution < -0.4 is 38.7 Å². The number of carboxylic acid groups (broad SMARTS) is 2. The molecule has 0 saturated carbocycles. The zero-order valence-electron chi connectivity index (χ0n) is 35.5. The van der Waals surface area contributed by atoms with Gasteiger partial charge in [0.05, 0.1) is 30.6 Å². The molecule has 328 valence electrons. The van der Waals surface area contributed by atoms with Crippen molar-refractivity contribution in [2.45, 2.75) is 32.1 Å². The number of ether oxygens (including phenoxy) is 2. The Bertz CT molecular complexity index is 2290. The molecule has 13 nitrogen and oxygen atoms in total. The quantitative estimate of drug-likeness (QED) is 0.0426. The van der Waals surface area contributed by atoms with Gasteiger partial charge in [0.25, 0.3) is 0 Å². The maximum atomic E-state index is 10.9. The number of hydrogen-bond acceptors (Lipinski definition) is 9. The predicted octanol–water partition coefficient (Wildman–Crippen LogP) is 6.35. The largest absolute Gasteiger partial charge is 0.871 e. The Morgan fingerprint density at radius 3 is 1.30 bits per heavy atom. The third-order valence-electron chi connectivity index (χ3n) is 9.47. The van der Waals surface area contributed by atoms with Crippen molar-refractivity contribution in [3.63, 3.8) is 0 Å². The number of benzene rings is 5. The molecule has 0 amide bonds. The highest BCUT2D eigenvalue weighted by atomic mass is 16.7. The van der Waals surface area contributed by atoms with E-state index in [1.807, 2.05) is 92.7 Å². The molecule has 0 aliphatic heterocycles. The van der Waals surface area contributed by atoms with Crippen LogP contribution in [0.4, 0.5) is 0 Å². The summed E-state index contributed by atoms with van der Waals surface area (Å²) in [6, 6.07) is 54.4. The predicted molar refractivity (Wildman–Crippen MR) is 235 cm³/mol. The number of hydrogen-bond donors (Lipinski definition) is 2. The zero-order valence-corrected chi connectivity index (χ0v) is 35.5. The summed E-state index contributed by atoms with van der Waals surface area (Å²) in [5.41, 5.74) is 3.52. The van der Waals surface area contributed by atoms with Crippen LogP contribution in [-0.4, -0.2) is 49.3 Å². The minimum atomic E-state index is -2.23. The van der Waals surface area contributed by atoms with Gasteiger partial charge in [0, 0.05) is 33.6 Å². The summed E-state index contributed by atoms with van der Waals surface area (Å²) >= 11 is 0. The monoisotopic (exact) mass is 864 g/mol. The van der Waals surface area contributed by atoms with Crippen LogP contribution in [0.3, 0.4) is 0 Å². The van der Waals surface area contributed by atoms with E-state index in [4.69, 9.17) is 34.0 Å². The highest BCUT2D eigenvalue weighted by molar-refractivity contribution is 6.28. The smallest absolute Gasteiger partial charge is 0.422 e. The van der Waals surface area contributed by atoms with Crippen LogP contribution in [0.25, 0.3) is 0 Å². The van der Waals surface area contributed by atoms with Gasteiger partial charge in [-0.05, 0) is 91.9 Å². The Morgan fingerprint density at radius 2 is 0.938 bits per heavy atom. The molecule has 7 aromatic rings.